The predicted molar refractivity (Wildman–Crippen MR) is 84.6 cm³/mol. The summed E-state index contributed by atoms with van der Waals surface area (Å²) in [5, 5.41) is 0. The Labute approximate surface area is 132 Å². The highest BCUT2D eigenvalue weighted by Gasteiger charge is 2.14. The van der Waals surface area contributed by atoms with Crippen molar-refractivity contribution in [1.82, 2.24) is 4.72 Å². The molecule has 1 N–H and O–H groups in total. The Bertz CT molecular complexity index is 755. The quantitative estimate of drug-likeness (QED) is 0.825. The topological polar surface area (TPSA) is 63.2 Å². The Morgan fingerprint density at radius 2 is 1.81 bits per heavy atom. The summed E-state index contributed by atoms with van der Waals surface area (Å²) in [5.74, 6) is -0.0963. The maximum Gasteiger partial charge on any atom is 0.240 e. The molecule has 0 radical (unpaired) electrons. The van der Waals surface area contributed by atoms with Gasteiger partial charge in [-0.2, -0.15) is 0 Å². The third-order valence-electron chi connectivity index (χ3n) is 2.93. The third-order valence-corrected chi connectivity index (χ3v) is 4.84. The highest BCUT2D eigenvalue weighted by molar-refractivity contribution is 9.10. The number of ketones is 1. The number of halogens is 1. The Morgan fingerprint density at radius 3 is 2.38 bits per heavy atom. The van der Waals surface area contributed by atoms with Crippen LogP contribution in [0.5, 0.6) is 0 Å². The van der Waals surface area contributed by atoms with Crippen molar-refractivity contribution in [2.24, 2.45) is 0 Å². The lowest BCUT2D eigenvalue weighted by atomic mass is 10.2. The Hall–Kier alpha value is -1.50. The molecular weight excluding hydrogens is 354 g/mol. The second kappa shape index (κ2) is 6.51. The van der Waals surface area contributed by atoms with E-state index in [1.165, 1.54) is 31.2 Å². The fourth-order valence-electron chi connectivity index (χ4n) is 1.78. The molecule has 0 heterocycles. The smallest absolute Gasteiger partial charge is 0.240 e. The average Bonchev–Trinajstić information content (AvgIpc) is 2.45. The number of hydrogen-bond acceptors (Lipinski definition) is 3. The van der Waals surface area contributed by atoms with Gasteiger partial charge in [0.1, 0.15) is 0 Å². The van der Waals surface area contributed by atoms with E-state index in [1.807, 2.05) is 24.3 Å². The van der Waals surface area contributed by atoms with E-state index in [2.05, 4.69) is 20.7 Å². The average molecular weight is 368 g/mol. The molecule has 0 saturated heterocycles. The van der Waals surface area contributed by atoms with Gasteiger partial charge in [-0.25, -0.2) is 13.1 Å². The number of Topliss-reactive ketones (excluding diaryl/α,β-unsaturated/α-hetero) is 1. The summed E-state index contributed by atoms with van der Waals surface area (Å²) < 4.78 is 27.8. The third kappa shape index (κ3) is 4.23. The molecule has 4 nitrogen and oxygen atoms in total. The van der Waals surface area contributed by atoms with Crippen molar-refractivity contribution in [1.29, 1.82) is 0 Å². The number of hydrogen-bond donors (Lipinski definition) is 1. The van der Waals surface area contributed by atoms with E-state index in [9.17, 15) is 13.2 Å². The summed E-state index contributed by atoms with van der Waals surface area (Å²) in [6.07, 6.45) is 0. The molecule has 2 aromatic rings. The van der Waals surface area contributed by atoms with E-state index in [1.54, 1.807) is 0 Å². The minimum Gasteiger partial charge on any atom is -0.295 e. The molecule has 0 atom stereocenters. The SMILES string of the molecule is CC(=O)c1ccc(S(=O)(=O)NCc2cccc(Br)c2)cc1. The van der Waals surface area contributed by atoms with Crippen LogP contribution < -0.4 is 4.72 Å². The summed E-state index contributed by atoms with van der Waals surface area (Å²) in [7, 11) is -3.59. The van der Waals surface area contributed by atoms with Gasteiger partial charge in [0.05, 0.1) is 4.90 Å². The van der Waals surface area contributed by atoms with Crippen LogP contribution in [0.2, 0.25) is 0 Å². The molecule has 6 heteroatoms. The summed E-state index contributed by atoms with van der Waals surface area (Å²) >= 11 is 3.34. The van der Waals surface area contributed by atoms with Crippen molar-refractivity contribution in [3.05, 3.63) is 64.1 Å². The summed E-state index contributed by atoms with van der Waals surface area (Å²) in [5.41, 5.74) is 1.34. The normalized spacial score (nSPS) is 11.3. The zero-order chi connectivity index (χ0) is 15.5. The van der Waals surface area contributed by atoms with E-state index in [0.717, 1.165) is 10.0 Å². The Morgan fingerprint density at radius 1 is 1.14 bits per heavy atom. The zero-order valence-corrected chi connectivity index (χ0v) is 13.7. The lowest BCUT2D eigenvalue weighted by Gasteiger charge is -2.07. The van der Waals surface area contributed by atoms with E-state index in [4.69, 9.17) is 0 Å². The van der Waals surface area contributed by atoms with Gasteiger partial charge >= 0.3 is 0 Å². The fraction of sp³-hybridized carbons (Fsp3) is 0.133. The molecule has 0 aromatic heterocycles. The summed E-state index contributed by atoms with van der Waals surface area (Å²) in [4.78, 5) is 11.3. The molecule has 2 aromatic carbocycles. The van der Waals surface area contributed by atoms with E-state index in [-0.39, 0.29) is 17.2 Å². The predicted octanol–water partition coefficient (Wildman–Crippen LogP) is 3.13. The van der Waals surface area contributed by atoms with Crippen molar-refractivity contribution in [2.45, 2.75) is 18.4 Å². The van der Waals surface area contributed by atoms with Gasteiger partial charge in [0.2, 0.25) is 10.0 Å². The van der Waals surface area contributed by atoms with Crippen molar-refractivity contribution < 1.29 is 13.2 Å². The lowest BCUT2D eigenvalue weighted by molar-refractivity contribution is 0.101. The first kappa shape index (κ1) is 15.9. The molecule has 0 aliphatic rings. The van der Waals surface area contributed by atoms with Gasteiger partial charge in [-0.05, 0) is 36.8 Å². The molecule has 0 fully saturated rings. The molecule has 0 bridgehead atoms. The van der Waals surface area contributed by atoms with Crippen LogP contribution in [-0.2, 0) is 16.6 Å². The number of sulfonamides is 1. The molecule has 0 unspecified atom stereocenters. The highest BCUT2D eigenvalue weighted by atomic mass is 79.9. The van der Waals surface area contributed by atoms with Crippen LogP contribution in [0.1, 0.15) is 22.8 Å². The first-order valence-electron chi connectivity index (χ1n) is 6.23. The number of nitrogens with one attached hydrogen (secondary N) is 1. The standard InChI is InChI=1S/C15H14BrNO3S/c1-11(18)13-5-7-15(8-6-13)21(19,20)17-10-12-3-2-4-14(16)9-12/h2-9,17H,10H2,1H3. The number of carbonyl (C=O) groups is 1. The number of benzene rings is 2. The molecular formula is C15H14BrNO3S. The maximum absolute atomic E-state index is 12.2. The van der Waals surface area contributed by atoms with Crippen LogP contribution in [0.3, 0.4) is 0 Å². The monoisotopic (exact) mass is 367 g/mol. The van der Waals surface area contributed by atoms with Crippen molar-refractivity contribution in [3.63, 3.8) is 0 Å². The fourth-order valence-corrected chi connectivity index (χ4v) is 3.24. The second-order valence-corrected chi connectivity index (χ2v) is 7.22. The Balaban J connectivity index is 2.13. The van der Waals surface area contributed by atoms with Gasteiger partial charge in [0.25, 0.3) is 0 Å². The van der Waals surface area contributed by atoms with Crippen LogP contribution in [0, 0.1) is 0 Å². The molecule has 0 amide bonds. The zero-order valence-electron chi connectivity index (χ0n) is 11.3. The molecule has 0 spiro atoms. The molecule has 0 saturated carbocycles. The van der Waals surface area contributed by atoms with Crippen LogP contribution in [0.25, 0.3) is 0 Å². The van der Waals surface area contributed by atoms with E-state index >= 15 is 0 Å². The van der Waals surface area contributed by atoms with Gasteiger partial charge in [0, 0.05) is 16.6 Å². The second-order valence-electron chi connectivity index (χ2n) is 4.54. The molecule has 21 heavy (non-hydrogen) atoms. The maximum atomic E-state index is 12.2. The van der Waals surface area contributed by atoms with Crippen LogP contribution in [-0.4, -0.2) is 14.2 Å². The van der Waals surface area contributed by atoms with Gasteiger partial charge in [-0.3, -0.25) is 4.79 Å². The largest absolute Gasteiger partial charge is 0.295 e. The van der Waals surface area contributed by atoms with E-state index in [0.29, 0.717) is 5.56 Å². The van der Waals surface area contributed by atoms with Gasteiger partial charge in [-0.1, -0.05) is 40.2 Å². The van der Waals surface area contributed by atoms with Crippen LogP contribution in [0.4, 0.5) is 0 Å². The van der Waals surface area contributed by atoms with Crippen molar-refractivity contribution in [2.75, 3.05) is 0 Å². The van der Waals surface area contributed by atoms with Crippen molar-refractivity contribution >= 4 is 31.7 Å². The first-order chi connectivity index (χ1) is 9.88. The molecule has 2 rings (SSSR count). The minimum absolute atomic E-state index is 0.0963. The first-order valence-corrected chi connectivity index (χ1v) is 8.51. The molecule has 0 aliphatic heterocycles. The van der Waals surface area contributed by atoms with Gasteiger partial charge in [-0.15, -0.1) is 0 Å². The van der Waals surface area contributed by atoms with Crippen LogP contribution in [0.15, 0.2) is 57.9 Å². The molecule has 0 aliphatic carbocycles. The minimum atomic E-state index is -3.59. The summed E-state index contributed by atoms with van der Waals surface area (Å²) in [6.45, 7) is 1.64. The van der Waals surface area contributed by atoms with Crippen LogP contribution >= 0.6 is 15.9 Å². The van der Waals surface area contributed by atoms with Gasteiger partial charge in [0.15, 0.2) is 5.78 Å². The molecule has 110 valence electrons. The number of rotatable bonds is 5. The highest BCUT2D eigenvalue weighted by Crippen LogP contribution is 2.14. The lowest BCUT2D eigenvalue weighted by Crippen LogP contribution is -2.23. The van der Waals surface area contributed by atoms with Gasteiger partial charge < -0.3 is 0 Å². The number of carbonyl (C=O) groups excluding carboxylic acids is 1. The van der Waals surface area contributed by atoms with Crippen molar-refractivity contribution in [3.8, 4) is 0 Å². The summed E-state index contributed by atoms with van der Waals surface area (Å²) in [6, 6.07) is 13.3. The van der Waals surface area contributed by atoms with E-state index < -0.39 is 10.0 Å². The Kier molecular flexibility index (Phi) is 4.92.